The van der Waals surface area contributed by atoms with Gasteiger partial charge in [-0.1, -0.05) is 69.0 Å². The number of carbonyl (C=O) groups is 1. The molecule has 0 N–H and O–H groups in total. The molecule has 0 heterocycles. The number of ketones is 1. The van der Waals surface area contributed by atoms with E-state index in [0.29, 0.717) is 11.1 Å². The van der Waals surface area contributed by atoms with E-state index in [0.717, 1.165) is 5.56 Å². The smallest absolute Gasteiger partial charge is 0.192 e. The highest BCUT2D eigenvalue weighted by atomic mass is 16.1. The van der Waals surface area contributed by atoms with Crippen molar-refractivity contribution in [3.05, 3.63) is 66.3 Å². The number of hydrogen-bond acceptors (Lipinski definition) is 1. The summed E-state index contributed by atoms with van der Waals surface area (Å²) in [6, 6.07) is 9.51. The van der Waals surface area contributed by atoms with Crippen LogP contribution in [0.3, 0.4) is 0 Å². The lowest BCUT2D eigenvalue weighted by Crippen LogP contribution is -2.02. The van der Waals surface area contributed by atoms with Crippen LogP contribution in [0.15, 0.2) is 60.7 Å². The van der Waals surface area contributed by atoms with Gasteiger partial charge in [-0.3, -0.25) is 4.79 Å². The molecule has 0 atom stereocenters. The highest BCUT2D eigenvalue weighted by Crippen LogP contribution is 2.17. The summed E-state index contributed by atoms with van der Waals surface area (Å²) in [4.78, 5) is 12.0. The molecule has 0 radical (unpaired) electrons. The number of benzene rings is 1. The first-order chi connectivity index (χ1) is 8.70. The van der Waals surface area contributed by atoms with E-state index in [4.69, 9.17) is 0 Å². The van der Waals surface area contributed by atoms with Crippen molar-refractivity contribution in [2.45, 2.75) is 27.7 Å². The lowest BCUT2D eigenvalue weighted by atomic mass is 9.98. The SMILES string of the molecule is C=C(C(=O)C(/C=C\C)=C/C)c1ccccc1.CC. The largest absolute Gasteiger partial charge is 0.289 e. The van der Waals surface area contributed by atoms with E-state index in [-0.39, 0.29) is 5.78 Å². The highest BCUT2D eigenvalue weighted by Gasteiger charge is 2.11. The number of hydrogen-bond donors (Lipinski definition) is 0. The molecule has 0 saturated heterocycles. The van der Waals surface area contributed by atoms with Crippen LogP contribution in [0.1, 0.15) is 33.3 Å². The van der Waals surface area contributed by atoms with E-state index in [1.807, 2.05) is 64.1 Å². The third kappa shape index (κ3) is 4.54. The molecule has 1 aromatic rings. The van der Waals surface area contributed by atoms with Gasteiger partial charge >= 0.3 is 0 Å². The maximum absolute atomic E-state index is 12.0. The zero-order valence-corrected chi connectivity index (χ0v) is 11.7. The molecule has 1 heteroatoms. The summed E-state index contributed by atoms with van der Waals surface area (Å²) in [7, 11) is 0. The summed E-state index contributed by atoms with van der Waals surface area (Å²) >= 11 is 0. The molecule has 0 aliphatic carbocycles. The molecule has 1 rings (SSSR count). The molecule has 0 aliphatic rings. The topological polar surface area (TPSA) is 17.1 Å². The third-order valence-electron chi connectivity index (χ3n) is 2.32. The molecule has 0 aliphatic heterocycles. The minimum atomic E-state index is -0.0215. The van der Waals surface area contributed by atoms with Crippen LogP contribution in [0, 0.1) is 0 Å². The fourth-order valence-electron chi connectivity index (χ4n) is 1.43. The predicted molar refractivity (Wildman–Crippen MR) is 80.4 cm³/mol. The van der Waals surface area contributed by atoms with Crippen molar-refractivity contribution in [1.29, 1.82) is 0 Å². The fraction of sp³-hybridized carbons (Fsp3) is 0.235. The average molecular weight is 242 g/mol. The summed E-state index contributed by atoms with van der Waals surface area (Å²) in [6.07, 6.45) is 5.46. The van der Waals surface area contributed by atoms with E-state index >= 15 is 0 Å². The quantitative estimate of drug-likeness (QED) is 0.546. The molecule has 96 valence electrons. The molecular formula is C17H22O. The highest BCUT2D eigenvalue weighted by molar-refractivity contribution is 6.29. The van der Waals surface area contributed by atoms with Gasteiger partial charge in [0.1, 0.15) is 0 Å². The lowest BCUT2D eigenvalue weighted by Gasteiger charge is -2.05. The Morgan fingerprint density at radius 2 is 1.67 bits per heavy atom. The van der Waals surface area contributed by atoms with Gasteiger partial charge in [-0.15, -0.1) is 0 Å². The zero-order valence-electron chi connectivity index (χ0n) is 11.7. The van der Waals surface area contributed by atoms with Crippen LogP contribution in [0.4, 0.5) is 0 Å². The van der Waals surface area contributed by atoms with Gasteiger partial charge in [-0.25, -0.2) is 0 Å². The predicted octanol–water partition coefficient (Wildman–Crippen LogP) is 4.82. The number of carbonyl (C=O) groups excluding carboxylic acids is 1. The van der Waals surface area contributed by atoms with Crippen molar-refractivity contribution in [2.75, 3.05) is 0 Å². The van der Waals surface area contributed by atoms with Crippen LogP contribution < -0.4 is 0 Å². The zero-order chi connectivity index (χ0) is 14.0. The first kappa shape index (κ1) is 16.1. The monoisotopic (exact) mass is 242 g/mol. The van der Waals surface area contributed by atoms with E-state index in [1.54, 1.807) is 12.2 Å². The van der Waals surface area contributed by atoms with Gasteiger partial charge in [0.15, 0.2) is 5.78 Å². The first-order valence-corrected chi connectivity index (χ1v) is 6.28. The van der Waals surface area contributed by atoms with Crippen LogP contribution in [0.5, 0.6) is 0 Å². The van der Waals surface area contributed by atoms with Gasteiger partial charge in [0.2, 0.25) is 0 Å². The van der Waals surface area contributed by atoms with E-state index in [1.165, 1.54) is 0 Å². The Kier molecular flexibility index (Phi) is 8.21. The van der Waals surface area contributed by atoms with E-state index < -0.39 is 0 Å². The van der Waals surface area contributed by atoms with Crippen LogP contribution in [0.2, 0.25) is 0 Å². The van der Waals surface area contributed by atoms with E-state index in [9.17, 15) is 4.79 Å². The molecule has 0 fully saturated rings. The van der Waals surface area contributed by atoms with E-state index in [2.05, 4.69) is 6.58 Å². The van der Waals surface area contributed by atoms with Gasteiger partial charge in [-0.2, -0.15) is 0 Å². The second-order valence-corrected chi connectivity index (χ2v) is 3.42. The van der Waals surface area contributed by atoms with Crippen molar-refractivity contribution in [3.63, 3.8) is 0 Å². The average Bonchev–Trinajstić information content (AvgIpc) is 2.46. The van der Waals surface area contributed by atoms with Crippen LogP contribution in [-0.2, 0) is 4.79 Å². The number of rotatable bonds is 4. The molecular weight excluding hydrogens is 220 g/mol. The second kappa shape index (κ2) is 9.17. The molecule has 0 aromatic heterocycles. The maximum Gasteiger partial charge on any atom is 0.192 e. The van der Waals surface area contributed by atoms with Crippen LogP contribution in [-0.4, -0.2) is 5.78 Å². The minimum absolute atomic E-state index is 0.0215. The Labute approximate surface area is 111 Å². The Bertz CT molecular complexity index is 436. The number of allylic oxidation sites excluding steroid dienone is 5. The van der Waals surface area contributed by atoms with Crippen molar-refractivity contribution in [3.8, 4) is 0 Å². The fourth-order valence-corrected chi connectivity index (χ4v) is 1.43. The standard InChI is InChI=1S/C15H16O.C2H6/c1-4-9-13(5-2)15(16)12(3)14-10-7-6-8-11-14;1-2/h4-11H,3H2,1-2H3;1-2H3/b9-4-,13-5+;. The van der Waals surface area contributed by atoms with Crippen LogP contribution >= 0.6 is 0 Å². The Morgan fingerprint density at radius 1 is 1.11 bits per heavy atom. The van der Waals surface area contributed by atoms with Gasteiger partial charge < -0.3 is 0 Å². The van der Waals surface area contributed by atoms with Gasteiger partial charge in [0, 0.05) is 11.1 Å². The molecule has 0 amide bonds. The minimum Gasteiger partial charge on any atom is -0.289 e. The summed E-state index contributed by atoms with van der Waals surface area (Å²) in [5.74, 6) is -0.0215. The summed E-state index contributed by atoms with van der Waals surface area (Å²) < 4.78 is 0. The molecule has 0 saturated carbocycles. The number of Topliss-reactive ketones (excluding diaryl/α,β-unsaturated/α-hetero) is 1. The third-order valence-corrected chi connectivity index (χ3v) is 2.32. The lowest BCUT2D eigenvalue weighted by molar-refractivity contribution is -0.110. The normalized spacial score (nSPS) is 10.8. The maximum atomic E-state index is 12.0. The van der Waals surface area contributed by atoms with Gasteiger partial charge in [0.25, 0.3) is 0 Å². The summed E-state index contributed by atoms with van der Waals surface area (Å²) in [5.41, 5.74) is 2.08. The van der Waals surface area contributed by atoms with Crippen molar-refractivity contribution in [1.82, 2.24) is 0 Å². The molecule has 18 heavy (non-hydrogen) atoms. The van der Waals surface area contributed by atoms with Gasteiger partial charge in [-0.05, 0) is 19.4 Å². The Hall–Kier alpha value is -1.89. The van der Waals surface area contributed by atoms with Crippen LogP contribution in [0.25, 0.3) is 5.57 Å². The summed E-state index contributed by atoms with van der Waals surface area (Å²) in [6.45, 7) is 11.6. The van der Waals surface area contributed by atoms with Crippen molar-refractivity contribution in [2.24, 2.45) is 0 Å². The van der Waals surface area contributed by atoms with Crippen molar-refractivity contribution < 1.29 is 4.79 Å². The Balaban J connectivity index is 0.00000137. The van der Waals surface area contributed by atoms with Crippen molar-refractivity contribution >= 4 is 11.4 Å². The Morgan fingerprint density at radius 3 is 2.11 bits per heavy atom. The molecule has 0 unspecified atom stereocenters. The summed E-state index contributed by atoms with van der Waals surface area (Å²) in [5, 5.41) is 0. The molecule has 1 aromatic carbocycles. The molecule has 0 bridgehead atoms. The molecule has 1 nitrogen and oxygen atoms in total. The first-order valence-electron chi connectivity index (χ1n) is 6.28. The molecule has 0 spiro atoms. The van der Waals surface area contributed by atoms with Gasteiger partial charge in [0.05, 0.1) is 0 Å². The second-order valence-electron chi connectivity index (χ2n) is 3.42.